The van der Waals surface area contributed by atoms with Crippen LogP contribution in [0.1, 0.15) is 67.2 Å². The van der Waals surface area contributed by atoms with Crippen LogP contribution in [0.5, 0.6) is 0 Å². The van der Waals surface area contributed by atoms with Crippen LogP contribution in [0.4, 0.5) is 0 Å². The molecule has 0 aromatic carbocycles. The van der Waals surface area contributed by atoms with Crippen LogP contribution in [0.2, 0.25) is 0 Å². The number of hydrogen-bond acceptors (Lipinski definition) is 2. The molecule has 1 unspecified atom stereocenters. The monoisotopic (exact) mass is 268 g/mol. The quantitative estimate of drug-likeness (QED) is 0.599. The smallest absolute Gasteiger partial charge is 0.177 e. The Morgan fingerprint density at radius 2 is 1.47 bits per heavy atom. The number of aliphatic hydroxyl groups excluding tert-OH is 1. The lowest BCUT2D eigenvalue weighted by Crippen LogP contribution is -2.41. The summed E-state index contributed by atoms with van der Waals surface area (Å²) in [5.74, 6) is 1.34. The predicted molar refractivity (Wildman–Crippen MR) is 80.9 cm³/mol. The summed E-state index contributed by atoms with van der Waals surface area (Å²) >= 11 is 0. The molecule has 1 fully saturated rings. The lowest BCUT2D eigenvalue weighted by atomic mass is 9.67. The van der Waals surface area contributed by atoms with Gasteiger partial charge < -0.3 is 9.84 Å². The first-order valence-corrected chi connectivity index (χ1v) is 7.55. The van der Waals surface area contributed by atoms with Gasteiger partial charge in [-0.15, -0.1) is 0 Å². The summed E-state index contributed by atoms with van der Waals surface area (Å²) < 4.78 is 5.82. The third-order valence-corrected chi connectivity index (χ3v) is 4.77. The van der Waals surface area contributed by atoms with Crippen molar-refractivity contribution in [1.82, 2.24) is 0 Å². The first kappa shape index (κ1) is 16.7. The molecule has 0 aromatic heterocycles. The largest absolute Gasteiger partial charge is 0.364 e. The van der Waals surface area contributed by atoms with Crippen molar-refractivity contribution in [1.29, 1.82) is 0 Å². The highest BCUT2D eigenvalue weighted by Crippen LogP contribution is 2.43. The van der Waals surface area contributed by atoms with Gasteiger partial charge >= 0.3 is 0 Å². The molecule has 2 nitrogen and oxygen atoms in total. The van der Waals surface area contributed by atoms with E-state index in [1.165, 1.54) is 25.7 Å². The summed E-state index contributed by atoms with van der Waals surface area (Å²) in [6.45, 7) is 16.8. The van der Waals surface area contributed by atoms with Gasteiger partial charge in [0, 0.05) is 0 Å². The highest BCUT2D eigenvalue weighted by Gasteiger charge is 2.38. The third kappa shape index (κ3) is 4.61. The molecule has 1 rings (SSSR count). The van der Waals surface area contributed by atoms with E-state index in [1.807, 2.05) is 0 Å². The molecule has 0 amide bonds. The van der Waals surface area contributed by atoms with Crippen LogP contribution in [-0.2, 0) is 4.74 Å². The van der Waals surface area contributed by atoms with Gasteiger partial charge in [0.1, 0.15) is 0 Å². The molecule has 0 aromatic rings. The van der Waals surface area contributed by atoms with Crippen LogP contribution in [0, 0.1) is 17.3 Å². The normalized spacial score (nSPS) is 27.1. The molecule has 0 heterocycles. The number of rotatable bonds is 4. The maximum atomic E-state index is 9.85. The Bertz CT molecular complexity index is 304. The van der Waals surface area contributed by atoms with Gasteiger partial charge in [0.2, 0.25) is 0 Å². The van der Waals surface area contributed by atoms with Crippen molar-refractivity contribution in [3.8, 4) is 0 Å². The van der Waals surface area contributed by atoms with Crippen LogP contribution >= 0.6 is 0 Å². The summed E-state index contributed by atoms with van der Waals surface area (Å²) in [6, 6.07) is 0. The van der Waals surface area contributed by atoms with Crippen molar-refractivity contribution >= 4 is 0 Å². The van der Waals surface area contributed by atoms with E-state index in [0.717, 1.165) is 5.92 Å². The van der Waals surface area contributed by atoms with E-state index >= 15 is 0 Å². The van der Waals surface area contributed by atoms with Crippen molar-refractivity contribution in [3.63, 3.8) is 0 Å². The van der Waals surface area contributed by atoms with Gasteiger partial charge in [0.05, 0.1) is 5.60 Å². The zero-order valence-corrected chi connectivity index (χ0v) is 13.6. The Balaban J connectivity index is 2.56. The Morgan fingerprint density at radius 1 is 1.05 bits per heavy atom. The van der Waals surface area contributed by atoms with Crippen molar-refractivity contribution in [3.05, 3.63) is 12.2 Å². The van der Waals surface area contributed by atoms with Crippen LogP contribution in [0.25, 0.3) is 0 Å². The van der Waals surface area contributed by atoms with Crippen LogP contribution in [0.3, 0.4) is 0 Å². The fraction of sp³-hybridized carbons (Fsp3) is 0.882. The standard InChI is InChI=1S/C17H32O2/c1-12(2)15(18)19-17(6,7)14-10-8-13(9-11-14)16(3,4)5/h13-15,18H,1,8-11H2,2-7H3. The van der Waals surface area contributed by atoms with Crippen molar-refractivity contribution < 1.29 is 9.84 Å². The molecule has 19 heavy (non-hydrogen) atoms. The first-order chi connectivity index (χ1) is 8.54. The predicted octanol–water partition coefficient (Wildman–Crippen LogP) is 4.53. The number of aliphatic hydroxyl groups is 1. The summed E-state index contributed by atoms with van der Waals surface area (Å²) in [5.41, 5.74) is 0.811. The average Bonchev–Trinajstić information content (AvgIpc) is 2.27. The van der Waals surface area contributed by atoms with E-state index in [4.69, 9.17) is 4.74 Å². The third-order valence-electron chi connectivity index (χ3n) is 4.77. The van der Waals surface area contributed by atoms with E-state index < -0.39 is 6.29 Å². The molecule has 1 N–H and O–H groups in total. The van der Waals surface area contributed by atoms with Gasteiger partial charge in [-0.1, -0.05) is 27.4 Å². The van der Waals surface area contributed by atoms with E-state index in [0.29, 0.717) is 16.9 Å². The van der Waals surface area contributed by atoms with Crippen molar-refractivity contribution in [2.45, 2.75) is 79.1 Å². The molecular weight excluding hydrogens is 236 g/mol. The van der Waals surface area contributed by atoms with E-state index in [-0.39, 0.29) is 5.60 Å². The summed E-state index contributed by atoms with van der Waals surface area (Å²) in [7, 11) is 0. The molecular formula is C17H32O2. The Kier molecular flexibility index (Phi) is 5.25. The average molecular weight is 268 g/mol. The van der Waals surface area contributed by atoms with E-state index in [2.05, 4.69) is 41.2 Å². The first-order valence-electron chi connectivity index (χ1n) is 7.55. The van der Waals surface area contributed by atoms with Crippen LogP contribution < -0.4 is 0 Å². The molecule has 2 heteroatoms. The lowest BCUT2D eigenvalue weighted by Gasteiger charge is -2.43. The molecule has 1 aliphatic rings. The highest BCUT2D eigenvalue weighted by molar-refractivity contribution is 4.95. The zero-order valence-electron chi connectivity index (χ0n) is 13.6. The fourth-order valence-corrected chi connectivity index (χ4v) is 3.14. The molecule has 1 atom stereocenters. The molecule has 0 spiro atoms. The van der Waals surface area contributed by atoms with Gasteiger partial charge in [-0.3, -0.25) is 0 Å². The highest BCUT2D eigenvalue weighted by atomic mass is 16.6. The second-order valence-corrected chi connectivity index (χ2v) is 7.83. The van der Waals surface area contributed by atoms with Gasteiger partial charge in [0.25, 0.3) is 0 Å². The summed E-state index contributed by atoms with van der Waals surface area (Å²) in [6.07, 6.45) is 4.08. The molecule has 0 radical (unpaired) electrons. The fourth-order valence-electron chi connectivity index (χ4n) is 3.14. The van der Waals surface area contributed by atoms with Gasteiger partial charge in [-0.05, 0) is 69.3 Å². The Morgan fingerprint density at radius 3 is 1.84 bits per heavy atom. The van der Waals surface area contributed by atoms with Crippen molar-refractivity contribution in [2.75, 3.05) is 0 Å². The summed E-state index contributed by atoms with van der Waals surface area (Å²) in [4.78, 5) is 0. The van der Waals surface area contributed by atoms with Crippen LogP contribution in [-0.4, -0.2) is 17.0 Å². The SMILES string of the molecule is C=C(C)C(O)OC(C)(C)C1CCC(C(C)(C)C)CC1. The molecule has 0 aliphatic heterocycles. The molecule has 1 aliphatic carbocycles. The Hall–Kier alpha value is -0.340. The van der Waals surface area contributed by atoms with E-state index in [9.17, 15) is 5.11 Å². The topological polar surface area (TPSA) is 29.5 Å². The minimum atomic E-state index is -0.838. The Labute approximate surface area is 119 Å². The van der Waals surface area contributed by atoms with Gasteiger partial charge in [0.15, 0.2) is 6.29 Å². The minimum absolute atomic E-state index is 0.277. The maximum absolute atomic E-state index is 9.85. The van der Waals surface area contributed by atoms with E-state index in [1.54, 1.807) is 6.92 Å². The van der Waals surface area contributed by atoms with Gasteiger partial charge in [-0.2, -0.15) is 0 Å². The maximum Gasteiger partial charge on any atom is 0.177 e. The van der Waals surface area contributed by atoms with Crippen LogP contribution in [0.15, 0.2) is 12.2 Å². The molecule has 112 valence electrons. The number of ether oxygens (including phenoxy) is 1. The second-order valence-electron chi connectivity index (χ2n) is 7.83. The minimum Gasteiger partial charge on any atom is -0.364 e. The second kappa shape index (κ2) is 5.97. The lowest BCUT2D eigenvalue weighted by molar-refractivity contribution is -0.179. The summed E-state index contributed by atoms with van der Waals surface area (Å²) in [5, 5.41) is 9.85. The molecule has 0 saturated heterocycles. The molecule has 0 bridgehead atoms. The van der Waals surface area contributed by atoms with Gasteiger partial charge in [-0.25, -0.2) is 0 Å². The zero-order chi connectivity index (χ0) is 14.8. The molecule has 1 saturated carbocycles. The van der Waals surface area contributed by atoms with Crippen molar-refractivity contribution in [2.24, 2.45) is 17.3 Å². The number of hydrogen-bond donors (Lipinski definition) is 1.